The second-order valence-electron chi connectivity index (χ2n) is 6.74. The molecule has 0 atom stereocenters. The van der Waals surface area contributed by atoms with Crippen molar-refractivity contribution in [3.63, 3.8) is 0 Å². The van der Waals surface area contributed by atoms with Gasteiger partial charge in [0.2, 0.25) is 5.96 Å². The number of thiophene rings is 1. The third-order valence-corrected chi connectivity index (χ3v) is 5.71. The van der Waals surface area contributed by atoms with E-state index in [-0.39, 0.29) is 11.5 Å². The summed E-state index contributed by atoms with van der Waals surface area (Å²) in [6, 6.07) is 1.87. The highest BCUT2D eigenvalue weighted by Crippen LogP contribution is 2.30. The van der Waals surface area contributed by atoms with Gasteiger partial charge < -0.3 is 9.88 Å². The van der Waals surface area contributed by atoms with Gasteiger partial charge in [0.25, 0.3) is 11.5 Å². The molecule has 1 spiro atoms. The van der Waals surface area contributed by atoms with Gasteiger partial charge >= 0.3 is 0 Å². The van der Waals surface area contributed by atoms with Crippen LogP contribution in [0.4, 0.5) is 0 Å². The number of piperidine rings is 1. The van der Waals surface area contributed by atoms with E-state index >= 15 is 0 Å². The number of guanidine groups is 1. The molecule has 1 fully saturated rings. The van der Waals surface area contributed by atoms with Crippen LogP contribution in [0.3, 0.4) is 0 Å². The van der Waals surface area contributed by atoms with Crippen LogP contribution in [0.1, 0.15) is 18.7 Å². The Morgan fingerprint density at radius 3 is 2.76 bits per heavy atom. The molecule has 0 radical (unpaired) electrons. The van der Waals surface area contributed by atoms with Crippen LogP contribution in [0.5, 0.6) is 0 Å². The van der Waals surface area contributed by atoms with Crippen molar-refractivity contribution in [1.82, 2.24) is 25.1 Å². The number of aromatic nitrogens is 2. The number of hydrogen-bond acceptors (Lipinski definition) is 7. The summed E-state index contributed by atoms with van der Waals surface area (Å²) in [5.41, 5.74) is 0.0142. The number of fused-ring (bicyclic) bond motifs is 1. The molecule has 0 unspecified atom stereocenters. The number of nitrogens with zero attached hydrogens (tertiary/aromatic N) is 4. The van der Waals surface area contributed by atoms with Crippen LogP contribution >= 0.6 is 11.3 Å². The van der Waals surface area contributed by atoms with Crippen molar-refractivity contribution in [2.24, 2.45) is 4.99 Å². The van der Waals surface area contributed by atoms with Crippen molar-refractivity contribution < 1.29 is 4.79 Å². The van der Waals surface area contributed by atoms with Gasteiger partial charge in [-0.05, 0) is 24.3 Å². The molecule has 0 saturated carbocycles. The number of hydrogen-bond donors (Lipinski definition) is 2. The third kappa shape index (κ3) is 2.83. The summed E-state index contributed by atoms with van der Waals surface area (Å²) in [6.07, 6.45) is 1.34. The minimum absolute atomic E-state index is 0.0120. The summed E-state index contributed by atoms with van der Waals surface area (Å²) >= 11 is 1.40. The lowest BCUT2D eigenvalue weighted by atomic mass is 9.88. The first-order valence-corrected chi connectivity index (χ1v) is 9.12. The lowest BCUT2D eigenvalue weighted by molar-refractivity contribution is -0.125. The SMILES string of the molecule is CN(C)C1=NC2(CCN(Cc3nc4ccsc4c(=O)[nH]3)CC2)C(=O)N1. The maximum absolute atomic E-state index is 12.4. The van der Waals surface area contributed by atoms with Crippen LogP contribution in [0, 0.1) is 0 Å². The molecule has 1 amide bonds. The zero-order chi connectivity index (χ0) is 17.6. The number of amides is 1. The Kier molecular flexibility index (Phi) is 3.84. The summed E-state index contributed by atoms with van der Waals surface area (Å²) in [4.78, 5) is 40.5. The topological polar surface area (TPSA) is 93.7 Å². The summed E-state index contributed by atoms with van der Waals surface area (Å²) in [5.74, 6) is 1.29. The van der Waals surface area contributed by atoms with Crippen LogP contribution in [-0.4, -0.2) is 64.4 Å². The molecule has 9 heteroatoms. The molecule has 2 aliphatic heterocycles. The average molecular weight is 360 g/mol. The molecule has 0 aromatic carbocycles. The fourth-order valence-corrected chi connectivity index (χ4v) is 4.06. The first kappa shape index (κ1) is 16.2. The number of aromatic amines is 1. The minimum Gasteiger partial charge on any atom is -0.349 e. The Hall–Kier alpha value is -2.26. The van der Waals surface area contributed by atoms with Gasteiger partial charge in [-0.15, -0.1) is 11.3 Å². The number of likely N-dealkylation sites (tertiary alicyclic amines) is 1. The molecule has 2 aliphatic rings. The Morgan fingerprint density at radius 2 is 2.08 bits per heavy atom. The average Bonchev–Trinajstić information content (AvgIpc) is 3.16. The normalized spacial score (nSPS) is 20.1. The van der Waals surface area contributed by atoms with E-state index in [1.54, 1.807) is 0 Å². The Morgan fingerprint density at radius 1 is 1.32 bits per heavy atom. The molecule has 132 valence electrons. The molecule has 25 heavy (non-hydrogen) atoms. The summed E-state index contributed by atoms with van der Waals surface area (Å²) in [5, 5.41) is 4.74. The molecule has 1 saturated heterocycles. The molecule has 4 rings (SSSR count). The molecule has 8 nitrogen and oxygen atoms in total. The largest absolute Gasteiger partial charge is 0.349 e. The lowest BCUT2D eigenvalue weighted by Crippen LogP contribution is -2.49. The summed E-state index contributed by atoms with van der Waals surface area (Å²) in [7, 11) is 3.74. The number of carbonyl (C=O) groups is 1. The maximum Gasteiger partial charge on any atom is 0.268 e. The van der Waals surface area contributed by atoms with Crippen LogP contribution < -0.4 is 10.9 Å². The van der Waals surface area contributed by atoms with Gasteiger partial charge in [0.1, 0.15) is 16.1 Å². The number of nitrogens with one attached hydrogen (secondary N) is 2. The quantitative estimate of drug-likeness (QED) is 0.807. The highest BCUT2D eigenvalue weighted by atomic mass is 32.1. The summed E-state index contributed by atoms with van der Waals surface area (Å²) in [6.45, 7) is 2.05. The monoisotopic (exact) mass is 360 g/mol. The Balaban J connectivity index is 1.47. The Labute approximate surface area is 148 Å². The van der Waals surface area contributed by atoms with Crippen molar-refractivity contribution in [3.8, 4) is 0 Å². The standard InChI is InChI=1S/C16H20N6O2S/c1-21(2)15-19-14(24)16(20-15)4-6-22(7-5-16)9-11-17-10-3-8-25-12(10)13(23)18-11/h3,8H,4-7,9H2,1-2H3,(H,17,18,23)(H,19,20,24). The van der Waals surface area contributed by atoms with Gasteiger partial charge in [0.05, 0.1) is 12.1 Å². The smallest absolute Gasteiger partial charge is 0.268 e. The van der Waals surface area contributed by atoms with Gasteiger partial charge in [-0.1, -0.05) is 0 Å². The van der Waals surface area contributed by atoms with Crippen LogP contribution in [0.25, 0.3) is 10.2 Å². The van der Waals surface area contributed by atoms with E-state index < -0.39 is 5.54 Å². The number of aliphatic imine (C=N–C) groups is 1. The Bertz CT molecular complexity index is 907. The van der Waals surface area contributed by atoms with E-state index in [9.17, 15) is 9.59 Å². The molecule has 2 N–H and O–H groups in total. The number of rotatable bonds is 2. The molecule has 4 heterocycles. The maximum atomic E-state index is 12.4. The van der Waals surface area contributed by atoms with E-state index in [1.165, 1.54) is 11.3 Å². The zero-order valence-corrected chi connectivity index (χ0v) is 15.0. The van der Waals surface area contributed by atoms with Crippen molar-refractivity contribution in [1.29, 1.82) is 0 Å². The van der Waals surface area contributed by atoms with E-state index in [2.05, 4.69) is 25.2 Å². The van der Waals surface area contributed by atoms with Crippen LogP contribution in [0.15, 0.2) is 21.2 Å². The fourth-order valence-electron chi connectivity index (χ4n) is 3.34. The van der Waals surface area contributed by atoms with E-state index in [0.717, 1.165) is 18.6 Å². The zero-order valence-electron chi connectivity index (χ0n) is 14.2. The van der Waals surface area contributed by atoms with E-state index in [1.807, 2.05) is 30.4 Å². The van der Waals surface area contributed by atoms with Crippen molar-refractivity contribution >= 4 is 33.4 Å². The van der Waals surface area contributed by atoms with Crippen molar-refractivity contribution in [2.45, 2.75) is 24.9 Å². The minimum atomic E-state index is -0.645. The number of H-pyrrole nitrogens is 1. The summed E-state index contributed by atoms with van der Waals surface area (Å²) < 4.78 is 0.662. The fraction of sp³-hybridized carbons (Fsp3) is 0.500. The van der Waals surface area contributed by atoms with Crippen LogP contribution in [-0.2, 0) is 11.3 Å². The highest BCUT2D eigenvalue weighted by Gasteiger charge is 2.46. The first-order chi connectivity index (χ1) is 12.0. The van der Waals surface area contributed by atoms with E-state index in [0.29, 0.717) is 35.9 Å². The van der Waals surface area contributed by atoms with Gasteiger partial charge in [-0.25, -0.2) is 9.98 Å². The predicted molar refractivity (Wildman–Crippen MR) is 96.7 cm³/mol. The van der Waals surface area contributed by atoms with Gasteiger partial charge in [0, 0.05) is 27.2 Å². The van der Waals surface area contributed by atoms with E-state index in [4.69, 9.17) is 0 Å². The first-order valence-electron chi connectivity index (χ1n) is 8.24. The second-order valence-corrected chi connectivity index (χ2v) is 7.66. The molecular formula is C16H20N6O2S. The highest BCUT2D eigenvalue weighted by molar-refractivity contribution is 7.17. The predicted octanol–water partition coefficient (Wildman–Crippen LogP) is 0.367. The lowest BCUT2D eigenvalue weighted by Gasteiger charge is -2.35. The van der Waals surface area contributed by atoms with Gasteiger partial charge in [0.15, 0.2) is 0 Å². The van der Waals surface area contributed by atoms with Crippen molar-refractivity contribution in [3.05, 3.63) is 27.6 Å². The third-order valence-electron chi connectivity index (χ3n) is 4.81. The van der Waals surface area contributed by atoms with Gasteiger partial charge in [-0.2, -0.15) is 0 Å². The molecule has 0 bridgehead atoms. The molecule has 0 aliphatic carbocycles. The van der Waals surface area contributed by atoms with Gasteiger partial charge in [-0.3, -0.25) is 19.8 Å². The number of carbonyl (C=O) groups excluding carboxylic acids is 1. The van der Waals surface area contributed by atoms with Crippen molar-refractivity contribution in [2.75, 3.05) is 27.2 Å². The van der Waals surface area contributed by atoms with Crippen LogP contribution in [0.2, 0.25) is 0 Å². The second kappa shape index (κ2) is 5.92. The molecule has 2 aromatic rings. The molecular weight excluding hydrogens is 340 g/mol. The molecule has 2 aromatic heterocycles.